The highest BCUT2D eigenvalue weighted by atomic mass is 35.5. The normalized spacial score (nSPS) is 23.6. The maximum atomic E-state index is 13.2. The molecule has 154 valence electrons. The van der Waals surface area contributed by atoms with Gasteiger partial charge in [-0.15, -0.1) is 12.4 Å². The minimum absolute atomic E-state index is 0. The average Bonchev–Trinajstić information content (AvgIpc) is 2.68. The van der Waals surface area contributed by atoms with Crippen molar-refractivity contribution in [2.24, 2.45) is 0 Å². The zero-order chi connectivity index (χ0) is 19.0. The molecule has 0 aromatic heterocycles. The van der Waals surface area contributed by atoms with Crippen molar-refractivity contribution in [1.82, 2.24) is 19.8 Å². The summed E-state index contributed by atoms with van der Waals surface area (Å²) in [6, 6.07) is 4.72. The van der Waals surface area contributed by atoms with Gasteiger partial charge in [0, 0.05) is 44.3 Å². The predicted molar refractivity (Wildman–Crippen MR) is 106 cm³/mol. The Labute approximate surface area is 171 Å². The van der Waals surface area contributed by atoms with E-state index in [1.165, 1.54) is 10.4 Å². The van der Waals surface area contributed by atoms with E-state index >= 15 is 0 Å². The number of halogens is 1. The van der Waals surface area contributed by atoms with Crippen LogP contribution in [-0.2, 0) is 21.2 Å². The average molecular weight is 429 g/mol. The van der Waals surface area contributed by atoms with Crippen LogP contribution in [0.3, 0.4) is 0 Å². The Hall–Kier alpha value is -1.68. The van der Waals surface area contributed by atoms with Gasteiger partial charge in [-0.2, -0.15) is 4.31 Å². The molecular weight excluding hydrogens is 404 g/mol. The molecule has 1 aromatic rings. The molecule has 2 amide bonds. The van der Waals surface area contributed by atoms with Crippen molar-refractivity contribution in [2.45, 2.75) is 30.2 Å². The molecule has 1 aromatic carbocycles. The van der Waals surface area contributed by atoms with Crippen LogP contribution in [0.2, 0.25) is 0 Å². The summed E-state index contributed by atoms with van der Waals surface area (Å²) >= 11 is 0. The SMILES string of the molecule is Cl.O=C1NCCc2ccc(S(=O)(=O)N3CCCC(N4CCNCC4=O)C3)cc21. The number of nitrogens with one attached hydrogen (secondary N) is 2. The number of hydrogen-bond acceptors (Lipinski definition) is 5. The number of piperazine rings is 1. The molecule has 0 bridgehead atoms. The van der Waals surface area contributed by atoms with E-state index in [4.69, 9.17) is 0 Å². The van der Waals surface area contributed by atoms with Crippen LogP contribution in [0.15, 0.2) is 23.1 Å². The summed E-state index contributed by atoms with van der Waals surface area (Å²) in [5.41, 5.74) is 1.31. The molecule has 3 heterocycles. The number of amides is 2. The number of carbonyl (C=O) groups is 2. The molecule has 28 heavy (non-hydrogen) atoms. The van der Waals surface area contributed by atoms with Crippen LogP contribution in [0.4, 0.5) is 0 Å². The standard InChI is InChI=1S/C18H24N4O4S.ClH/c23-17-11-19-7-9-22(17)14-2-1-8-21(12-14)27(25,26)15-4-3-13-5-6-20-18(24)16(13)10-15;/h3-4,10,14,19H,1-2,5-9,11-12H2,(H,20,24);1H. The van der Waals surface area contributed by atoms with Gasteiger partial charge in [-0.3, -0.25) is 9.59 Å². The first-order valence-electron chi connectivity index (χ1n) is 9.38. The zero-order valence-corrected chi connectivity index (χ0v) is 17.2. The number of hydrogen-bond donors (Lipinski definition) is 2. The molecule has 10 heteroatoms. The molecule has 1 atom stereocenters. The summed E-state index contributed by atoms with van der Waals surface area (Å²) in [6.07, 6.45) is 2.23. The number of benzene rings is 1. The number of carbonyl (C=O) groups excluding carboxylic acids is 2. The summed E-state index contributed by atoms with van der Waals surface area (Å²) in [6.45, 7) is 2.96. The number of rotatable bonds is 3. The second-order valence-electron chi connectivity index (χ2n) is 7.25. The van der Waals surface area contributed by atoms with Crippen molar-refractivity contribution in [1.29, 1.82) is 0 Å². The molecule has 3 aliphatic heterocycles. The summed E-state index contributed by atoms with van der Waals surface area (Å²) in [7, 11) is -3.71. The Morgan fingerprint density at radius 2 is 1.93 bits per heavy atom. The van der Waals surface area contributed by atoms with Gasteiger partial charge >= 0.3 is 0 Å². The third-order valence-electron chi connectivity index (χ3n) is 5.57. The first-order valence-corrected chi connectivity index (χ1v) is 10.8. The van der Waals surface area contributed by atoms with Gasteiger partial charge in [0.05, 0.1) is 11.4 Å². The topological polar surface area (TPSA) is 98.8 Å². The van der Waals surface area contributed by atoms with E-state index < -0.39 is 10.0 Å². The van der Waals surface area contributed by atoms with Crippen LogP contribution in [-0.4, -0.2) is 74.7 Å². The highest BCUT2D eigenvalue weighted by molar-refractivity contribution is 7.89. The Morgan fingerprint density at radius 1 is 1.11 bits per heavy atom. The van der Waals surface area contributed by atoms with Gasteiger partial charge in [-0.1, -0.05) is 6.07 Å². The molecular formula is C18H25ClN4O4S. The van der Waals surface area contributed by atoms with Crippen LogP contribution in [0.1, 0.15) is 28.8 Å². The minimum Gasteiger partial charge on any atom is -0.352 e. The van der Waals surface area contributed by atoms with E-state index in [9.17, 15) is 18.0 Å². The van der Waals surface area contributed by atoms with Crippen LogP contribution in [0.5, 0.6) is 0 Å². The number of nitrogens with zero attached hydrogens (tertiary/aromatic N) is 2. The quantitative estimate of drug-likeness (QED) is 0.705. The molecule has 1 unspecified atom stereocenters. The van der Waals surface area contributed by atoms with Gasteiger partial charge in [0.1, 0.15) is 0 Å². The van der Waals surface area contributed by atoms with Crippen LogP contribution in [0.25, 0.3) is 0 Å². The third kappa shape index (κ3) is 3.89. The Bertz CT molecular complexity index is 876. The van der Waals surface area contributed by atoms with Crippen molar-refractivity contribution < 1.29 is 18.0 Å². The lowest BCUT2D eigenvalue weighted by atomic mass is 10.0. The zero-order valence-electron chi connectivity index (χ0n) is 15.5. The maximum absolute atomic E-state index is 13.2. The van der Waals surface area contributed by atoms with Gasteiger partial charge in [-0.05, 0) is 37.0 Å². The summed E-state index contributed by atoms with van der Waals surface area (Å²) < 4.78 is 27.8. The summed E-state index contributed by atoms with van der Waals surface area (Å²) in [4.78, 5) is 26.2. The van der Waals surface area contributed by atoms with Crippen molar-refractivity contribution in [3.05, 3.63) is 29.3 Å². The highest BCUT2D eigenvalue weighted by Crippen LogP contribution is 2.26. The minimum atomic E-state index is -3.71. The van der Waals surface area contributed by atoms with E-state index in [1.807, 2.05) is 0 Å². The molecule has 3 aliphatic rings. The van der Waals surface area contributed by atoms with Crippen LogP contribution < -0.4 is 10.6 Å². The highest BCUT2D eigenvalue weighted by Gasteiger charge is 2.35. The molecule has 4 rings (SSSR count). The van der Waals surface area contributed by atoms with E-state index in [0.717, 1.165) is 18.5 Å². The van der Waals surface area contributed by atoms with Gasteiger partial charge in [0.15, 0.2) is 0 Å². The van der Waals surface area contributed by atoms with E-state index in [1.54, 1.807) is 17.0 Å². The van der Waals surface area contributed by atoms with E-state index in [-0.39, 0.29) is 35.2 Å². The fraction of sp³-hybridized carbons (Fsp3) is 0.556. The van der Waals surface area contributed by atoms with Gasteiger partial charge in [-0.25, -0.2) is 8.42 Å². The Morgan fingerprint density at radius 3 is 2.71 bits per heavy atom. The number of piperidine rings is 1. The van der Waals surface area contributed by atoms with Crippen molar-refractivity contribution in [2.75, 3.05) is 39.3 Å². The first-order chi connectivity index (χ1) is 13.0. The van der Waals surface area contributed by atoms with Crippen molar-refractivity contribution >= 4 is 34.2 Å². The van der Waals surface area contributed by atoms with Crippen molar-refractivity contribution in [3.63, 3.8) is 0 Å². The smallest absolute Gasteiger partial charge is 0.251 e. The Kier molecular flexibility index (Phi) is 6.28. The first kappa shape index (κ1) is 21.0. The third-order valence-corrected chi connectivity index (χ3v) is 7.43. The fourth-order valence-corrected chi connectivity index (χ4v) is 5.64. The molecule has 2 N–H and O–H groups in total. The van der Waals surface area contributed by atoms with Gasteiger partial charge in [0.2, 0.25) is 15.9 Å². The molecule has 2 fully saturated rings. The van der Waals surface area contributed by atoms with Crippen molar-refractivity contribution in [3.8, 4) is 0 Å². The van der Waals surface area contributed by atoms with Crippen LogP contribution in [0, 0.1) is 0 Å². The number of sulfonamides is 1. The maximum Gasteiger partial charge on any atom is 0.251 e. The monoisotopic (exact) mass is 428 g/mol. The van der Waals surface area contributed by atoms with Gasteiger partial charge in [0.25, 0.3) is 5.91 Å². The molecule has 8 nitrogen and oxygen atoms in total. The Balaban J connectivity index is 0.00000225. The predicted octanol–water partition coefficient (Wildman–Crippen LogP) is -0.0208. The lowest BCUT2D eigenvalue weighted by Crippen LogP contribution is -2.57. The molecule has 0 saturated carbocycles. The van der Waals surface area contributed by atoms with E-state index in [0.29, 0.717) is 51.1 Å². The summed E-state index contributed by atoms with van der Waals surface area (Å²) in [5.74, 6) is -0.202. The van der Waals surface area contributed by atoms with E-state index in [2.05, 4.69) is 10.6 Å². The molecule has 0 aliphatic carbocycles. The lowest BCUT2D eigenvalue weighted by molar-refractivity contribution is -0.135. The number of fused-ring (bicyclic) bond motifs is 1. The van der Waals surface area contributed by atoms with Gasteiger partial charge < -0.3 is 15.5 Å². The molecule has 0 spiro atoms. The van der Waals surface area contributed by atoms with Crippen LogP contribution >= 0.6 is 12.4 Å². The fourth-order valence-electron chi connectivity index (χ4n) is 4.10. The summed E-state index contributed by atoms with van der Waals surface area (Å²) in [5, 5.41) is 5.80. The second-order valence-corrected chi connectivity index (χ2v) is 9.19. The second kappa shape index (κ2) is 8.36. The largest absolute Gasteiger partial charge is 0.352 e. The lowest BCUT2D eigenvalue weighted by Gasteiger charge is -2.40. The molecule has 2 saturated heterocycles. The molecule has 0 radical (unpaired) electrons.